The number of rotatable bonds is 7. The first kappa shape index (κ1) is 15.4. The molecule has 20 heavy (non-hydrogen) atoms. The molecule has 1 fully saturated rings. The molecule has 0 aromatic heterocycles. The van der Waals surface area contributed by atoms with Crippen LogP contribution >= 0.6 is 0 Å². The maximum Gasteiger partial charge on any atom is 0.119 e. The zero-order chi connectivity index (χ0) is 14.2. The topological polar surface area (TPSA) is 21.3 Å². The lowest BCUT2D eigenvalue weighted by molar-refractivity contribution is 0.122. The summed E-state index contributed by atoms with van der Waals surface area (Å²) >= 11 is 0. The Morgan fingerprint density at radius 3 is 2.65 bits per heavy atom. The molecule has 1 aliphatic rings. The van der Waals surface area contributed by atoms with Gasteiger partial charge in [0.1, 0.15) is 5.75 Å². The van der Waals surface area contributed by atoms with E-state index in [2.05, 4.69) is 43.4 Å². The van der Waals surface area contributed by atoms with E-state index in [0.29, 0.717) is 6.10 Å². The van der Waals surface area contributed by atoms with E-state index >= 15 is 0 Å². The van der Waals surface area contributed by atoms with Crippen LogP contribution in [0.2, 0.25) is 0 Å². The Kier molecular flexibility index (Phi) is 6.38. The first-order valence-corrected chi connectivity index (χ1v) is 8.28. The Balaban J connectivity index is 1.80. The molecule has 0 spiro atoms. The van der Waals surface area contributed by atoms with Crippen LogP contribution in [0.15, 0.2) is 24.3 Å². The van der Waals surface area contributed by atoms with Crippen LogP contribution in [0, 0.1) is 5.92 Å². The molecule has 0 aliphatic heterocycles. The predicted molar refractivity (Wildman–Crippen MR) is 85.1 cm³/mol. The molecule has 0 saturated heterocycles. The van der Waals surface area contributed by atoms with Crippen molar-refractivity contribution in [3.63, 3.8) is 0 Å². The van der Waals surface area contributed by atoms with E-state index in [4.69, 9.17) is 4.74 Å². The highest BCUT2D eigenvalue weighted by atomic mass is 16.5. The van der Waals surface area contributed by atoms with E-state index in [1.165, 1.54) is 44.1 Å². The minimum Gasteiger partial charge on any atom is -0.490 e. The van der Waals surface area contributed by atoms with Crippen LogP contribution in [0.25, 0.3) is 0 Å². The van der Waals surface area contributed by atoms with Gasteiger partial charge in [0.05, 0.1) is 6.10 Å². The first-order chi connectivity index (χ1) is 9.81. The van der Waals surface area contributed by atoms with Gasteiger partial charge in [-0.05, 0) is 55.8 Å². The number of ether oxygens (including phenoxy) is 1. The molecule has 2 nitrogen and oxygen atoms in total. The molecule has 1 saturated carbocycles. The molecule has 0 heterocycles. The molecule has 2 heteroatoms. The molecule has 0 radical (unpaired) electrons. The average molecular weight is 275 g/mol. The molecular weight excluding hydrogens is 246 g/mol. The summed E-state index contributed by atoms with van der Waals surface area (Å²) in [5, 5.41) is 3.42. The van der Waals surface area contributed by atoms with Crippen molar-refractivity contribution in [3.05, 3.63) is 29.8 Å². The zero-order valence-electron chi connectivity index (χ0n) is 13.0. The van der Waals surface area contributed by atoms with Gasteiger partial charge in [-0.2, -0.15) is 0 Å². The predicted octanol–water partition coefficient (Wildman–Crippen LogP) is 4.53. The molecule has 2 unspecified atom stereocenters. The van der Waals surface area contributed by atoms with Gasteiger partial charge < -0.3 is 10.1 Å². The first-order valence-electron chi connectivity index (χ1n) is 8.28. The minimum atomic E-state index is 0.428. The monoisotopic (exact) mass is 275 g/mol. The van der Waals surface area contributed by atoms with Crippen LogP contribution in [-0.4, -0.2) is 12.6 Å². The molecule has 1 aliphatic carbocycles. The van der Waals surface area contributed by atoms with Crippen molar-refractivity contribution in [2.24, 2.45) is 5.92 Å². The van der Waals surface area contributed by atoms with Crippen molar-refractivity contribution in [3.8, 4) is 5.75 Å². The molecular formula is C18H29NO. The SMILES string of the molecule is CCCNCc1ccc(OC2CCCC(CC)C2)cc1. The molecule has 1 aromatic carbocycles. The summed E-state index contributed by atoms with van der Waals surface area (Å²) in [5.74, 6) is 1.90. The van der Waals surface area contributed by atoms with Gasteiger partial charge in [-0.3, -0.25) is 0 Å². The van der Waals surface area contributed by atoms with Crippen LogP contribution in [0.3, 0.4) is 0 Å². The lowest BCUT2D eigenvalue weighted by atomic mass is 9.85. The lowest BCUT2D eigenvalue weighted by Gasteiger charge is -2.29. The standard InChI is InChI=1S/C18H29NO/c1-3-12-19-14-16-8-10-17(11-9-16)20-18-7-5-6-15(4-2)13-18/h8-11,15,18-19H,3-7,12-14H2,1-2H3. The smallest absolute Gasteiger partial charge is 0.119 e. The molecule has 2 rings (SSSR count). The van der Waals surface area contributed by atoms with Crippen molar-refractivity contribution in [1.82, 2.24) is 5.32 Å². The van der Waals surface area contributed by atoms with E-state index in [1.807, 2.05) is 0 Å². The fourth-order valence-electron chi connectivity index (χ4n) is 3.01. The van der Waals surface area contributed by atoms with Crippen LogP contribution < -0.4 is 10.1 Å². The second-order valence-electron chi connectivity index (χ2n) is 6.00. The molecule has 2 atom stereocenters. The van der Waals surface area contributed by atoms with E-state index in [0.717, 1.165) is 24.8 Å². The fraction of sp³-hybridized carbons (Fsp3) is 0.667. The van der Waals surface area contributed by atoms with Gasteiger partial charge in [-0.15, -0.1) is 0 Å². The molecule has 1 N–H and O–H groups in total. The lowest BCUT2D eigenvalue weighted by Crippen LogP contribution is -2.25. The van der Waals surface area contributed by atoms with Gasteiger partial charge >= 0.3 is 0 Å². The van der Waals surface area contributed by atoms with E-state index in [-0.39, 0.29) is 0 Å². The van der Waals surface area contributed by atoms with Gasteiger partial charge in [-0.25, -0.2) is 0 Å². The summed E-state index contributed by atoms with van der Waals surface area (Å²) in [6, 6.07) is 8.60. The van der Waals surface area contributed by atoms with Crippen molar-refractivity contribution < 1.29 is 4.74 Å². The van der Waals surface area contributed by atoms with Gasteiger partial charge in [0.15, 0.2) is 0 Å². The quantitative estimate of drug-likeness (QED) is 0.738. The minimum absolute atomic E-state index is 0.428. The number of benzene rings is 1. The van der Waals surface area contributed by atoms with Crippen molar-refractivity contribution >= 4 is 0 Å². The zero-order valence-corrected chi connectivity index (χ0v) is 13.0. The summed E-state index contributed by atoms with van der Waals surface area (Å²) in [6.07, 6.45) is 8.06. The fourth-order valence-corrected chi connectivity index (χ4v) is 3.01. The third-order valence-corrected chi connectivity index (χ3v) is 4.29. The second-order valence-corrected chi connectivity index (χ2v) is 6.00. The van der Waals surface area contributed by atoms with E-state index < -0.39 is 0 Å². The maximum atomic E-state index is 6.15. The summed E-state index contributed by atoms with van der Waals surface area (Å²) in [5.41, 5.74) is 1.33. The van der Waals surface area contributed by atoms with Gasteiger partial charge in [0.25, 0.3) is 0 Å². The maximum absolute atomic E-state index is 6.15. The molecule has 1 aromatic rings. The number of hydrogen-bond acceptors (Lipinski definition) is 2. The Labute approximate surface area is 123 Å². The Hall–Kier alpha value is -1.02. The molecule has 0 bridgehead atoms. The highest BCUT2D eigenvalue weighted by Crippen LogP contribution is 2.29. The Morgan fingerprint density at radius 1 is 1.15 bits per heavy atom. The third-order valence-electron chi connectivity index (χ3n) is 4.29. The van der Waals surface area contributed by atoms with Crippen LogP contribution in [0.1, 0.15) is 57.9 Å². The highest BCUT2D eigenvalue weighted by Gasteiger charge is 2.21. The van der Waals surface area contributed by atoms with Gasteiger partial charge in [-0.1, -0.05) is 38.8 Å². The molecule has 0 amide bonds. The summed E-state index contributed by atoms with van der Waals surface area (Å²) < 4.78 is 6.15. The largest absolute Gasteiger partial charge is 0.490 e. The summed E-state index contributed by atoms with van der Waals surface area (Å²) in [6.45, 7) is 6.52. The van der Waals surface area contributed by atoms with Crippen molar-refractivity contribution in [2.45, 2.75) is 65.0 Å². The van der Waals surface area contributed by atoms with Crippen molar-refractivity contribution in [2.75, 3.05) is 6.54 Å². The molecule has 112 valence electrons. The van der Waals surface area contributed by atoms with Crippen molar-refractivity contribution in [1.29, 1.82) is 0 Å². The highest BCUT2D eigenvalue weighted by molar-refractivity contribution is 5.27. The van der Waals surface area contributed by atoms with Gasteiger partial charge in [0, 0.05) is 6.54 Å². The van der Waals surface area contributed by atoms with E-state index in [9.17, 15) is 0 Å². The number of hydrogen-bond donors (Lipinski definition) is 1. The summed E-state index contributed by atoms with van der Waals surface area (Å²) in [7, 11) is 0. The average Bonchev–Trinajstić information content (AvgIpc) is 2.49. The van der Waals surface area contributed by atoms with Gasteiger partial charge in [0.2, 0.25) is 0 Å². The van der Waals surface area contributed by atoms with E-state index in [1.54, 1.807) is 0 Å². The number of nitrogens with one attached hydrogen (secondary N) is 1. The van der Waals surface area contributed by atoms with Crippen LogP contribution in [0.5, 0.6) is 5.75 Å². The second kappa shape index (κ2) is 8.31. The normalized spacial score (nSPS) is 22.7. The third kappa shape index (κ3) is 4.82. The Bertz CT molecular complexity index is 374. The van der Waals surface area contributed by atoms with Crippen LogP contribution in [-0.2, 0) is 6.54 Å². The Morgan fingerprint density at radius 2 is 1.95 bits per heavy atom. The van der Waals surface area contributed by atoms with Crippen LogP contribution in [0.4, 0.5) is 0 Å². The summed E-state index contributed by atoms with van der Waals surface area (Å²) in [4.78, 5) is 0.